The number of ether oxygens (including phenoxy) is 1. The van der Waals surface area contributed by atoms with Crippen molar-refractivity contribution in [2.75, 3.05) is 13.7 Å². The third-order valence-electron chi connectivity index (χ3n) is 4.45. The molecule has 0 spiro atoms. The van der Waals surface area contributed by atoms with Crippen molar-refractivity contribution in [3.8, 4) is 0 Å². The number of esters is 1. The Bertz CT molecular complexity index is 1050. The van der Waals surface area contributed by atoms with Gasteiger partial charge in [-0.15, -0.1) is 0 Å². The molecule has 0 heterocycles. The summed E-state index contributed by atoms with van der Waals surface area (Å²) in [5, 5.41) is 2.53. The molecule has 0 aromatic heterocycles. The minimum absolute atomic E-state index is 0.00591. The lowest BCUT2D eigenvalue weighted by Gasteiger charge is -2.19. The van der Waals surface area contributed by atoms with Crippen LogP contribution in [0, 0.1) is 6.92 Å². The molecule has 0 fully saturated rings. The highest BCUT2D eigenvalue weighted by Crippen LogP contribution is 2.18. The lowest BCUT2D eigenvalue weighted by atomic mass is 10.1. The highest BCUT2D eigenvalue weighted by atomic mass is 32.2. The molecule has 2 aromatic carbocycles. The Morgan fingerprint density at radius 1 is 1.10 bits per heavy atom. The monoisotopic (exact) mass is 447 g/mol. The SMILES string of the molecule is COC(=O)c1ccc(S(=O)(=O)N[C@H](Cc2ccccc2)C(=O)NCCC(N)=O)c(C)c1. The molecule has 0 saturated heterocycles. The van der Waals surface area contributed by atoms with E-state index in [-0.39, 0.29) is 29.8 Å². The molecule has 31 heavy (non-hydrogen) atoms. The van der Waals surface area contributed by atoms with Gasteiger partial charge in [0, 0.05) is 13.0 Å². The van der Waals surface area contributed by atoms with Gasteiger partial charge >= 0.3 is 5.97 Å². The highest BCUT2D eigenvalue weighted by Gasteiger charge is 2.27. The quantitative estimate of drug-likeness (QED) is 0.456. The number of aryl methyl sites for hydroxylation is 1. The molecule has 4 N–H and O–H groups in total. The van der Waals surface area contributed by atoms with Crippen molar-refractivity contribution in [1.82, 2.24) is 10.0 Å². The van der Waals surface area contributed by atoms with Crippen molar-refractivity contribution in [2.24, 2.45) is 5.73 Å². The van der Waals surface area contributed by atoms with Crippen LogP contribution in [0.5, 0.6) is 0 Å². The first-order chi connectivity index (χ1) is 14.6. The predicted molar refractivity (Wildman–Crippen MR) is 114 cm³/mol. The van der Waals surface area contributed by atoms with Gasteiger partial charge in [-0.25, -0.2) is 13.2 Å². The molecule has 0 radical (unpaired) electrons. The Labute approximate surface area is 181 Å². The topological polar surface area (TPSA) is 145 Å². The van der Waals surface area contributed by atoms with Gasteiger partial charge in [-0.2, -0.15) is 4.72 Å². The van der Waals surface area contributed by atoms with Crippen LogP contribution in [0.2, 0.25) is 0 Å². The first-order valence-electron chi connectivity index (χ1n) is 9.45. The number of nitrogens with two attached hydrogens (primary N) is 1. The first-order valence-corrected chi connectivity index (χ1v) is 10.9. The van der Waals surface area contributed by atoms with Gasteiger partial charge in [-0.05, 0) is 42.7 Å². The number of hydrogen-bond acceptors (Lipinski definition) is 6. The smallest absolute Gasteiger partial charge is 0.337 e. The fraction of sp³-hybridized carbons (Fsp3) is 0.286. The average molecular weight is 448 g/mol. The lowest BCUT2D eigenvalue weighted by Crippen LogP contribution is -2.48. The molecule has 0 aliphatic rings. The van der Waals surface area contributed by atoms with E-state index in [0.29, 0.717) is 5.56 Å². The number of carbonyl (C=O) groups is 3. The number of nitrogens with one attached hydrogen (secondary N) is 2. The summed E-state index contributed by atoms with van der Waals surface area (Å²) in [5.74, 6) is -1.75. The van der Waals surface area contributed by atoms with E-state index >= 15 is 0 Å². The van der Waals surface area contributed by atoms with Crippen LogP contribution in [-0.4, -0.2) is 45.9 Å². The second-order valence-electron chi connectivity index (χ2n) is 6.84. The molecule has 166 valence electrons. The maximum atomic E-state index is 13.0. The van der Waals surface area contributed by atoms with Gasteiger partial charge in [0.1, 0.15) is 6.04 Å². The number of rotatable bonds is 10. The van der Waals surface area contributed by atoms with Gasteiger partial charge in [0.2, 0.25) is 21.8 Å². The minimum Gasteiger partial charge on any atom is -0.465 e. The van der Waals surface area contributed by atoms with E-state index in [4.69, 9.17) is 5.73 Å². The minimum atomic E-state index is -4.10. The lowest BCUT2D eigenvalue weighted by molar-refractivity contribution is -0.123. The van der Waals surface area contributed by atoms with Gasteiger partial charge < -0.3 is 15.8 Å². The number of carbonyl (C=O) groups excluding carboxylic acids is 3. The Morgan fingerprint density at radius 2 is 1.77 bits per heavy atom. The van der Waals surface area contributed by atoms with E-state index in [2.05, 4.69) is 14.8 Å². The van der Waals surface area contributed by atoms with Gasteiger partial charge in [0.05, 0.1) is 17.6 Å². The average Bonchev–Trinajstić information content (AvgIpc) is 2.72. The molecule has 0 unspecified atom stereocenters. The normalized spacial score (nSPS) is 12.1. The molecule has 0 bridgehead atoms. The van der Waals surface area contributed by atoms with E-state index in [0.717, 1.165) is 5.56 Å². The molecule has 0 aliphatic heterocycles. The Hall–Kier alpha value is -3.24. The zero-order chi connectivity index (χ0) is 23.0. The number of hydrogen-bond donors (Lipinski definition) is 3. The number of methoxy groups -OCH3 is 1. The second-order valence-corrected chi connectivity index (χ2v) is 8.53. The summed E-state index contributed by atoms with van der Waals surface area (Å²) in [4.78, 5) is 35.2. The highest BCUT2D eigenvalue weighted by molar-refractivity contribution is 7.89. The van der Waals surface area contributed by atoms with Crippen LogP contribution in [0.4, 0.5) is 0 Å². The number of amides is 2. The maximum absolute atomic E-state index is 13.0. The summed E-state index contributed by atoms with van der Waals surface area (Å²) >= 11 is 0. The summed E-state index contributed by atoms with van der Waals surface area (Å²) in [6.07, 6.45) is 0.0341. The largest absolute Gasteiger partial charge is 0.465 e. The van der Waals surface area contributed by atoms with Crippen molar-refractivity contribution in [1.29, 1.82) is 0 Å². The van der Waals surface area contributed by atoms with Crippen LogP contribution in [-0.2, 0) is 30.8 Å². The van der Waals surface area contributed by atoms with Gasteiger partial charge in [0.15, 0.2) is 0 Å². The van der Waals surface area contributed by atoms with Crippen molar-refractivity contribution >= 4 is 27.8 Å². The van der Waals surface area contributed by atoms with Crippen LogP contribution >= 0.6 is 0 Å². The predicted octanol–water partition coefficient (Wildman–Crippen LogP) is 0.663. The van der Waals surface area contributed by atoms with Crippen LogP contribution in [0.15, 0.2) is 53.4 Å². The van der Waals surface area contributed by atoms with E-state index in [1.807, 2.05) is 6.07 Å². The molecule has 1 atom stereocenters. The van der Waals surface area contributed by atoms with E-state index in [1.165, 1.54) is 25.3 Å². The third-order valence-corrected chi connectivity index (χ3v) is 6.08. The summed E-state index contributed by atoms with van der Waals surface area (Å²) in [6, 6.07) is 11.8. The molecule has 0 saturated carbocycles. The molecule has 2 aromatic rings. The first kappa shape index (κ1) is 24.0. The molecular formula is C21H25N3O6S. The van der Waals surface area contributed by atoms with E-state index in [1.54, 1.807) is 31.2 Å². The molecule has 2 amide bonds. The Balaban J connectivity index is 2.27. The number of sulfonamides is 1. The summed E-state index contributed by atoms with van der Waals surface area (Å²) < 4.78 is 33.1. The van der Waals surface area contributed by atoms with E-state index in [9.17, 15) is 22.8 Å². The summed E-state index contributed by atoms with van der Waals surface area (Å²) in [7, 11) is -2.87. The number of primary amides is 1. The van der Waals surface area contributed by atoms with Gasteiger partial charge in [-0.1, -0.05) is 30.3 Å². The van der Waals surface area contributed by atoms with Gasteiger partial charge in [0.25, 0.3) is 0 Å². The Morgan fingerprint density at radius 3 is 2.35 bits per heavy atom. The van der Waals surface area contributed by atoms with Crippen molar-refractivity contribution in [3.63, 3.8) is 0 Å². The number of benzene rings is 2. The molecular weight excluding hydrogens is 422 g/mol. The molecule has 0 aliphatic carbocycles. The van der Waals surface area contributed by atoms with Crippen LogP contribution in [0.1, 0.15) is 27.9 Å². The van der Waals surface area contributed by atoms with Crippen molar-refractivity contribution < 1.29 is 27.5 Å². The fourth-order valence-corrected chi connectivity index (χ4v) is 4.34. The fourth-order valence-electron chi connectivity index (χ4n) is 2.92. The second kappa shape index (κ2) is 10.7. The summed E-state index contributed by atoms with van der Waals surface area (Å²) in [6.45, 7) is 1.54. The third kappa shape index (κ3) is 6.90. The van der Waals surface area contributed by atoms with Crippen LogP contribution in [0.25, 0.3) is 0 Å². The zero-order valence-corrected chi connectivity index (χ0v) is 18.1. The maximum Gasteiger partial charge on any atom is 0.337 e. The summed E-state index contributed by atoms with van der Waals surface area (Å²) in [5.41, 5.74) is 6.36. The molecule has 9 nitrogen and oxygen atoms in total. The molecule has 10 heteroatoms. The van der Waals surface area contributed by atoms with Crippen LogP contribution in [0.3, 0.4) is 0 Å². The van der Waals surface area contributed by atoms with Crippen molar-refractivity contribution in [3.05, 3.63) is 65.2 Å². The standard InChI is InChI=1S/C21H25N3O6S/c1-14-12-16(21(27)30-2)8-9-18(14)31(28,29)24-17(13-15-6-4-3-5-7-15)20(26)23-11-10-19(22)25/h3-9,12,17,24H,10-11,13H2,1-2H3,(H2,22,25)(H,23,26)/t17-/m1/s1. The van der Waals surface area contributed by atoms with Crippen molar-refractivity contribution in [2.45, 2.75) is 30.7 Å². The van der Waals surface area contributed by atoms with Gasteiger partial charge in [-0.3, -0.25) is 9.59 Å². The Kier molecular flexibility index (Phi) is 8.29. The van der Waals surface area contributed by atoms with Crippen LogP contribution < -0.4 is 15.8 Å². The van der Waals surface area contributed by atoms with E-state index < -0.39 is 33.8 Å². The zero-order valence-electron chi connectivity index (χ0n) is 17.3. The molecule has 2 rings (SSSR count).